The molecule has 1 saturated heterocycles. The molecule has 2 unspecified atom stereocenters. The van der Waals surface area contributed by atoms with E-state index >= 15 is 0 Å². The molecular weight excluding hydrogens is 754 g/mol. The molecule has 9 nitrogen and oxygen atoms in total. The fourth-order valence-corrected chi connectivity index (χ4v) is 8.83. The van der Waals surface area contributed by atoms with Gasteiger partial charge >= 0.3 is 18.8 Å². The first kappa shape index (κ1) is 36.5. The molecule has 2 aliphatic rings. The first-order valence-corrected chi connectivity index (χ1v) is 17.7. The number of ether oxygens (including phenoxy) is 3. The number of sulfonamides is 1. The minimum absolute atomic E-state index is 0.0390. The zero-order valence-corrected chi connectivity index (χ0v) is 28.2. The lowest BCUT2D eigenvalue weighted by atomic mass is 10.0. The van der Waals surface area contributed by atoms with Crippen LogP contribution in [0, 0.1) is 11.1 Å². The highest BCUT2D eigenvalue weighted by atomic mass is 35.5. The summed E-state index contributed by atoms with van der Waals surface area (Å²) in [6.07, 6.45) is -2.96. The molecule has 0 amide bonds. The van der Waals surface area contributed by atoms with Crippen LogP contribution in [-0.4, -0.2) is 49.6 Å². The highest BCUT2D eigenvalue weighted by Gasteiger charge is 2.46. The van der Waals surface area contributed by atoms with E-state index < -0.39 is 50.7 Å². The van der Waals surface area contributed by atoms with Gasteiger partial charge in [-0.1, -0.05) is 40.9 Å². The summed E-state index contributed by atoms with van der Waals surface area (Å²) in [5.41, 5.74) is -1.20. The van der Waals surface area contributed by atoms with Crippen molar-refractivity contribution in [3.63, 3.8) is 0 Å². The summed E-state index contributed by atoms with van der Waals surface area (Å²) in [4.78, 5) is 12.6. The number of aromatic nitrogens is 1. The molecule has 2 heterocycles. The predicted octanol–water partition coefficient (Wildman–Crippen LogP) is 7.28. The second kappa shape index (κ2) is 14.6. The first-order valence-electron chi connectivity index (χ1n) is 14.0. The van der Waals surface area contributed by atoms with Gasteiger partial charge in [-0.3, -0.25) is 0 Å². The Kier molecular flexibility index (Phi) is 11.1. The van der Waals surface area contributed by atoms with E-state index in [0.29, 0.717) is 21.2 Å². The average Bonchev–Trinajstić information content (AvgIpc) is 3.68. The summed E-state index contributed by atoms with van der Waals surface area (Å²) >= 11 is 19.1. The largest absolute Gasteiger partial charge is 0.619 e. The van der Waals surface area contributed by atoms with E-state index in [1.807, 2.05) is 0 Å². The predicted molar refractivity (Wildman–Crippen MR) is 166 cm³/mol. The Hall–Kier alpha value is -2.76. The molecule has 2 fully saturated rings. The second-order valence-electron chi connectivity index (χ2n) is 10.7. The van der Waals surface area contributed by atoms with Gasteiger partial charge in [0.15, 0.2) is 29.3 Å². The number of nitrogens with zero attached hydrogens (tertiary/aromatic N) is 2. The van der Waals surface area contributed by atoms with Gasteiger partial charge in [-0.15, -0.1) is 11.8 Å². The number of hydrogen-bond acceptors (Lipinski definition) is 8. The average molecular weight is 778 g/mol. The molecule has 1 aliphatic heterocycles. The van der Waals surface area contributed by atoms with E-state index in [1.54, 1.807) is 0 Å². The molecule has 0 N–H and O–H groups in total. The normalized spacial score (nSPS) is 17.8. The lowest BCUT2D eigenvalue weighted by Gasteiger charge is -2.26. The van der Waals surface area contributed by atoms with Crippen molar-refractivity contribution in [2.75, 3.05) is 18.9 Å². The maximum atomic E-state index is 13.8. The Morgan fingerprint density at radius 3 is 2.38 bits per heavy atom. The third-order valence-corrected chi connectivity index (χ3v) is 11.4. The molecule has 19 heteroatoms. The van der Waals surface area contributed by atoms with E-state index in [0.717, 1.165) is 43.1 Å². The van der Waals surface area contributed by atoms with Crippen molar-refractivity contribution in [1.82, 2.24) is 4.31 Å². The third kappa shape index (κ3) is 8.51. The number of halogens is 8. The SMILES string of the molecule is O=C(OC(Cc1c(Cl)c[n+]([O-])cc1Cl)c1ccc(OC(F)F)c(OCC2CC2)c1)C1SCCN1S(=O)(=O)c1ccc(Cl)cc1C(F)(F)F. The van der Waals surface area contributed by atoms with Gasteiger partial charge in [0.2, 0.25) is 10.0 Å². The molecule has 48 heavy (non-hydrogen) atoms. The van der Waals surface area contributed by atoms with Crippen LogP contribution in [0.1, 0.15) is 35.6 Å². The maximum absolute atomic E-state index is 13.8. The van der Waals surface area contributed by atoms with Crippen molar-refractivity contribution in [2.45, 2.75) is 48.4 Å². The van der Waals surface area contributed by atoms with Crippen LogP contribution in [-0.2, 0) is 32.2 Å². The summed E-state index contributed by atoms with van der Waals surface area (Å²) in [5.74, 6) is -1.28. The number of hydrogen-bond donors (Lipinski definition) is 0. The Morgan fingerprint density at radius 1 is 1.06 bits per heavy atom. The molecule has 1 aromatic heterocycles. The quantitative estimate of drug-likeness (QED) is 0.0818. The summed E-state index contributed by atoms with van der Waals surface area (Å²) < 4.78 is 112. The van der Waals surface area contributed by atoms with Gasteiger partial charge in [-0.05, 0) is 54.7 Å². The Labute approximate surface area is 290 Å². The third-order valence-electron chi connectivity index (χ3n) is 7.32. The van der Waals surface area contributed by atoms with Gasteiger partial charge in [-0.2, -0.15) is 31.0 Å². The van der Waals surface area contributed by atoms with Crippen LogP contribution in [0.2, 0.25) is 15.1 Å². The molecule has 3 aromatic rings. The highest BCUT2D eigenvalue weighted by Crippen LogP contribution is 2.41. The Morgan fingerprint density at radius 2 is 1.75 bits per heavy atom. The van der Waals surface area contributed by atoms with Crippen LogP contribution in [0.4, 0.5) is 22.0 Å². The smallest absolute Gasteiger partial charge is 0.417 e. The van der Waals surface area contributed by atoms with Gasteiger partial charge in [0.25, 0.3) is 0 Å². The Balaban J connectivity index is 1.50. The highest BCUT2D eigenvalue weighted by molar-refractivity contribution is 8.02. The summed E-state index contributed by atoms with van der Waals surface area (Å²) in [6.45, 7) is -3.31. The van der Waals surface area contributed by atoms with Gasteiger partial charge < -0.3 is 19.4 Å². The number of alkyl halides is 5. The zero-order chi connectivity index (χ0) is 35.0. The molecule has 260 valence electrons. The number of thioether (sulfide) groups is 1. The topological polar surface area (TPSA) is 109 Å². The number of pyridine rings is 1. The van der Waals surface area contributed by atoms with Crippen molar-refractivity contribution < 1.29 is 54.1 Å². The van der Waals surface area contributed by atoms with Crippen LogP contribution in [0.3, 0.4) is 0 Å². The lowest BCUT2D eigenvalue weighted by molar-refractivity contribution is -0.605. The minimum Gasteiger partial charge on any atom is -0.619 e. The van der Waals surface area contributed by atoms with Gasteiger partial charge in [0.1, 0.15) is 16.1 Å². The van der Waals surface area contributed by atoms with E-state index in [2.05, 4.69) is 4.74 Å². The van der Waals surface area contributed by atoms with Crippen LogP contribution in [0.25, 0.3) is 0 Å². The maximum Gasteiger partial charge on any atom is 0.417 e. The molecule has 0 bridgehead atoms. The second-order valence-corrected chi connectivity index (χ2v) is 15.0. The summed E-state index contributed by atoms with van der Waals surface area (Å²) in [6, 6.07) is 5.95. The number of carbonyl (C=O) groups excluding carboxylic acids is 1. The van der Waals surface area contributed by atoms with Gasteiger partial charge in [0.05, 0.1) is 17.1 Å². The van der Waals surface area contributed by atoms with Crippen LogP contribution in [0.5, 0.6) is 11.5 Å². The number of rotatable bonds is 12. The molecule has 1 aliphatic carbocycles. The molecule has 1 saturated carbocycles. The molecule has 0 spiro atoms. The van der Waals surface area contributed by atoms with E-state index in [-0.39, 0.29) is 68.9 Å². The molecule has 2 atom stereocenters. The standard InChI is InChI=1S/C29H24Cl3F5N2O7S2/c30-17-4-6-25(19(10-17)29(35,36)37)48(42,43)39-7-8-47-26(39)27(40)45-23(11-18-20(31)12-38(41)13-21(18)32)16-3-5-22(46-28(33)34)24(9-16)44-14-15-1-2-15/h3-6,9-10,12-13,15,23,26,28H,1-2,7-8,11,14H2. The van der Waals surface area contributed by atoms with Gasteiger partial charge in [0, 0.05) is 29.3 Å². The zero-order valence-electron chi connectivity index (χ0n) is 24.3. The van der Waals surface area contributed by atoms with Crippen molar-refractivity contribution in [3.8, 4) is 11.5 Å². The van der Waals surface area contributed by atoms with Crippen molar-refractivity contribution >= 4 is 62.6 Å². The van der Waals surface area contributed by atoms with Gasteiger partial charge in [-0.25, -0.2) is 13.2 Å². The molecular formula is C29H24Cl3F5N2O7S2. The number of carbonyl (C=O) groups is 1. The fourth-order valence-electron chi connectivity index (χ4n) is 4.82. The summed E-state index contributed by atoms with van der Waals surface area (Å²) in [5, 5.41) is 9.67. The molecule has 2 aromatic carbocycles. The van der Waals surface area contributed by atoms with E-state index in [9.17, 15) is 40.4 Å². The van der Waals surface area contributed by atoms with E-state index in [1.165, 1.54) is 18.2 Å². The molecule has 5 rings (SSSR count). The van der Waals surface area contributed by atoms with Crippen molar-refractivity contribution in [2.24, 2.45) is 5.92 Å². The van der Waals surface area contributed by atoms with Crippen LogP contribution < -0.4 is 14.2 Å². The van der Waals surface area contributed by atoms with E-state index in [4.69, 9.17) is 44.3 Å². The van der Waals surface area contributed by atoms with Crippen LogP contribution in [0.15, 0.2) is 53.7 Å². The number of benzene rings is 2. The lowest BCUT2D eigenvalue weighted by Crippen LogP contribution is -2.41. The van der Waals surface area contributed by atoms with Crippen LogP contribution >= 0.6 is 46.6 Å². The first-order chi connectivity index (χ1) is 22.5. The number of esters is 1. The fraction of sp³-hybridized carbons (Fsp3) is 0.379. The summed E-state index contributed by atoms with van der Waals surface area (Å²) in [7, 11) is -4.93. The minimum atomic E-state index is -5.09. The molecule has 0 radical (unpaired) electrons. The monoisotopic (exact) mass is 776 g/mol. The Bertz CT molecular complexity index is 1780. The van der Waals surface area contributed by atoms with Crippen molar-refractivity contribution in [1.29, 1.82) is 0 Å². The van der Waals surface area contributed by atoms with Crippen molar-refractivity contribution in [3.05, 3.63) is 85.8 Å².